The predicted molar refractivity (Wildman–Crippen MR) is 110 cm³/mol. The number of hydrogen-bond acceptors (Lipinski definition) is 4. The molecule has 0 fully saturated rings. The Hall–Kier alpha value is -3.27. The summed E-state index contributed by atoms with van der Waals surface area (Å²) in [6.07, 6.45) is 0.420. The van der Waals surface area contributed by atoms with Gasteiger partial charge in [-0.1, -0.05) is 48.0 Å². The number of carbonyl (C=O) groups excluding carboxylic acids is 1. The highest BCUT2D eigenvalue weighted by atomic mass is 16.5. The van der Waals surface area contributed by atoms with Crippen molar-refractivity contribution in [3.63, 3.8) is 0 Å². The lowest BCUT2D eigenvalue weighted by Crippen LogP contribution is -2.22. The second kappa shape index (κ2) is 7.77. The molecular weight excluding hydrogens is 350 g/mol. The number of para-hydroxylation sites is 1. The molecule has 0 spiro atoms. The molecule has 142 valence electrons. The third kappa shape index (κ3) is 3.72. The Balaban J connectivity index is 1.52. The molecule has 1 N–H and O–H groups in total. The lowest BCUT2D eigenvalue weighted by Gasteiger charge is -2.27. The SMILES string of the molecule is COc1cc(C2CC(=O)c3ccccc3N2)ccc1OCc1ccc(C)cc1. The van der Waals surface area contributed by atoms with Crippen LogP contribution in [0.3, 0.4) is 0 Å². The molecule has 4 nitrogen and oxygen atoms in total. The minimum Gasteiger partial charge on any atom is -0.493 e. The Morgan fingerprint density at radius 2 is 1.79 bits per heavy atom. The molecular formula is C24H23NO3. The van der Waals surface area contributed by atoms with Gasteiger partial charge in [0, 0.05) is 17.7 Å². The maximum Gasteiger partial charge on any atom is 0.167 e. The largest absolute Gasteiger partial charge is 0.493 e. The molecule has 0 saturated heterocycles. The van der Waals surface area contributed by atoms with Gasteiger partial charge < -0.3 is 14.8 Å². The van der Waals surface area contributed by atoms with Crippen LogP contribution in [0.2, 0.25) is 0 Å². The van der Waals surface area contributed by atoms with Crippen molar-refractivity contribution >= 4 is 11.5 Å². The molecule has 1 aliphatic rings. The molecule has 3 aromatic rings. The van der Waals surface area contributed by atoms with Gasteiger partial charge in [0.1, 0.15) is 6.61 Å². The second-order valence-corrected chi connectivity index (χ2v) is 7.05. The molecule has 0 radical (unpaired) electrons. The van der Waals surface area contributed by atoms with Crippen LogP contribution in [0.1, 0.15) is 39.5 Å². The minimum atomic E-state index is -0.0811. The summed E-state index contributed by atoms with van der Waals surface area (Å²) in [5.74, 6) is 1.50. The van der Waals surface area contributed by atoms with Crippen molar-refractivity contribution in [3.05, 3.63) is 89.0 Å². The van der Waals surface area contributed by atoms with Crippen molar-refractivity contribution in [3.8, 4) is 11.5 Å². The third-order valence-corrected chi connectivity index (χ3v) is 5.05. The van der Waals surface area contributed by atoms with E-state index in [0.29, 0.717) is 24.5 Å². The van der Waals surface area contributed by atoms with Gasteiger partial charge in [-0.2, -0.15) is 0 Å². The standard InChI is InChI=1S/C24H23NO3/c1-16-7-9-17(10-8-16)15-28-23-12-11-18(13-24(23)27-2)21-14-22(26)19-5-3-4-6-20(19)25-21/h3-13,21,25H,14-15H2,1-2H3. The van der Waals surface area contributed by atoms with E-state index in [1.165, 1.54) is 5.56 Å². The van der Waals surface area contributed by atoms with Crippen molar-refractivity contribution in [2.24, 2.45) is 0 Å². The summed E-state index contributed by atoms with van der Waals surface area (Å²) in [6, 6.07) is 21.7. The first-order valence-corrected chi connectivity index (χ1v) is 9.39. The van der Waals surface area contributed by atoms with E-state index in [-0.39, 0.29) is 11.8 Å². The van der Waals surface area contributed by atoms with E-state index in [1.54, 1.807) is 7.11 Å². The zero-order chi connectivity index (χ0) is 19.5. The number of rotatable bonds is 5. The van der Waals surface area contributed by atoms with Crippen LogP contribution in [0.15, 0.2) is 66.7 Å². The van der Waals surface area contributed by atoms with Crippen LogP contribution in [0.25, 0.3) is 0 Å². The van der Waals surface area contributed by atoms with E-state index in [0.717, 1.165) is 22.4 Å². The number of ether oxygens (including phenoxy) is 2. The number of carbonyl (C=O) groups is 1. The normalized spacial score (nSPS) is 15.5. The van der Waals surface area contributed by atoms with Crippen LogP contribution in [0.5, 0.6) is 11.5 Å². The molecule has 0 aliphatic carbocycles. The second-order valence-electron chi connectivity index (χ2n) is 7.05. The first-order chi connectivity index (χ1) is 13.6. The van der Waals surface area contributed by atoms with Gasteiger partial charge in [0.05, 0.1) is 13.2 Å². The molecule has 4 rings (SSSR count). The van der Waals surface area contributed by atoms with Crippen molar-refractivity contribution in [2.75, 3.05) is 12.4 Å². The average molecular weight is 373 g/mol. The highest BCUT2D eigenvalue weighted by Crippen LogP contribution is 2.36. The Kier molecular flexibility index (Phi) is 5.02. The van der Waals surface area contributed by atoms with Crippen LogP contribution in [-0.2, 0) is 6.61 Å². The molecule has 0 saturated carbocycles. The van der Waals surface area contributed by atoms with Crippen LogP contribution < -0.4 is 14.8 Å². The fourth-order valence-corrected chi connectivity index (χ4v) is 3.45. The fraction of sp³-hybridized carbons (Fsp3) is 0.208. The number of methoxy groups -OCH3 is 1. The van der Waals surface area contributed by atoms with Gasteiger partial charge in [-0.15, -0.1) is 0 Å². The molecule has 1 unspecified atom stereocenters. The van der Waals surface area contributed by atoms with Crippen LogP contribution >= 0.6 is 0 Å². The molecule has 4 heteroatoms. The number of benzene rings is 3. The monoisotopic (exact) mass is 373 g/mol. The van der Waals surface area contributed by atoms with Crippen molar-refractivity contribution in [2.45, 2.75) is 26.0 Å². The van der Waals surface area contributed by atoms with E-state index >= 15 is 0 Å². The Bertz CT molecular complexity index is 995. The maximum atomic E-state index is 12.5. The molecule has 0 bridgehead atoms. The number of aryl methyl sites for hydroxylation is 1. The van der Waals surface area contributed by atoms with Gasteiger partial charge in [0.25, 0.3) is 0 Å². The number of hydrogen-bond donors (Lipinski definition) is 1. The average Bonchev–Trinajstić information content (AvgIpc) is 2.73. The van der Waals surface area contributed by atoms with E-state index in [1.807, 2.05) is 42.5 Å². The lowest BCUT2D eigenvalue weighted by molar-refractivity contribution is 0.0972. The van der Waals surface area contributed by atoms with Gasteiger partial charge in [-0.3, -0.25) is 4.79 Å². The number of ketones is 1. The Morgan fingerprint density at radius 1 is 1.00 bits per heavy atom. The molecule has 1 heterocycles. The van der Waals surface area contributed by atoms with Crippen LogP contribution in [-0.4, -0.2) is 12.9 Å². The molecule has 3 aromatic carbocycles. The first-order valence-electron chi connectivity index (χ1n) is 9.39. The molecule has 0 amide bonds. The third-order valence-electron chi connectivity index (χ3n) is 5.05. The summed E-state index contributed by atoms with van der Waals surface area (Å²) in [4.78, 5) is 12.5. The number of nitrogens with one attached hydrogen (secondary N) is 1. The summed E-state index contributed by atoms with van der Waals surface area (Å²) < 4.78 is 11.5. The summed E-state index contributed by atoms with van der Waals surface area (Å²) in [5, 5.41) is 3.46. The van der Waals surface area contributed by atoms with E-state index < -0.39 is 0 Å². The van der Waals surface area contributed by atoms with E-state index in [9.17, 15) is 4.79 Å². The zero-order valence-corrected chi connectivity index (χ0v) is 16.1. The van der Waals surface area contributed by atoms with Gasteiger partial charge in [0.15, 0.2) is 17.3 Å². The van der Waals surface area contributed by atoms with E-state index in [2.05, 4.69) is 36.5 Å². The minimum absolute atomic E-state index is 0.0811. The van der Waals surface area contributed by atoms with Gasteiger partial charge in [-0.25, -0.2) is 0 Å². The summed E-state index contributed by atoms with van der Waals surface area (Å²) >= 11 is 0. The van der Waals surface area contributed by atoms with Gasteiger partial charge >= 0.3 is 0 Å². The Labute approximate surface area is 165 Å². The van der Waals surface area contributed by atoms with Crippen LogP contribution in [0, 0.1) is 6.92 Å². The summed E-state index contributed by atoms with van der Waals surface area (Å²) in [5.41, 5.74) is 4.96. The zero-order valence-electron chi connectivity index (χ0n) is 16.1. The highest BCUT2D eigenvalue weighted by Gasteiger charge is 2.25. The fourth-order valence-electron chi connectivity index (χ4n) is 3.45. The molecule has 1 atom stereocenters. The highest BCUT2D eigenvalue weighted by molar-refractivity contribution is 6.03. The number of anilines is 1. The maximum absolute atomic E-state index is 12.5. The van der Waals surface area contributed by atoms with Crippen molar-refractivity contribution < 1.29 is 14.3 Å². The first kappa shape index (κ1) is 18.1. The number of fused-ring (bicyclic) bond motifs is 1. The van der Waals surface area contributed by atoms with Crippen molar-refractivity contribution in [1.29, 1.82) is 0 Å². The van der Waals surface area contributed by atoms with Gasteiger partial charge in [-0.05, 0) is 42.3 Å². The van der Waals surface area contributed by atoms with Crippen LogP contribution in [0.4, 0.5) is 5.69 Å². The number of Topliss-reactive ketones (excluding diaryl/α,β-unsaturated/α-hetero) is 1. The summed E-state index contributed by atoms with van der Waals surface area (Å²) in [6.45, 7) is 2.54. The van der Waals surface area contributed by atoms with E-state index in [4.69, 9.17) is 9.47 Å². The quantitative estimate of drug-likeness (QED) is 0.657. The lowest BCUT2D eigenvalue weighted by atomic mass is 9.92. The summed E-state index contributed by atoms with van der Waals surface area (Å²) in [7, 11) is 1.63. The molecule has 1 aliphatic heterocycles. The topological polar surface area (TPSA) is 47.6 Å². The predicted octanol–water partition coefficient (Wildman–Crippen LogP) is 5.32. The molecule has 0 aromatic heterocycles. The Morgan fingerprint density at radius 3 is 2.57 bits per heavy atom. The van der Waals surface area contributed by atoms with Gasteiger partial charge in [0.2, 0.25) is 0 Å². The smallest absolute Gasteiger partial charge is 0.167 e. The van der Waals surface area contributed by atoms with Crippen molar-refractivity contribution in [1.82, 2.24) is 0 Å². The molecule has 28 heavy (non-hydrogen) atoms.